The molecular formula is C17H16N2O. The number of para-hydroxylation sites is 1. The second kappa shape index (κ2) is 3.57. The third-order valence-corrected chi connectivity index (χ3v) is 4.17. The molecule has 1 aliphatic heterocycles. The molecule has 0 saturated carbocycles. The number of hydrogen-bond acceptors (Lipinski definition) is 2. The van der Waals surface area contributed by atoms with E-state index in [1.165, 1.54) is 0 Å². The number of aromatic amines is 1. The molecule has 3 heteroatoms. The Morgan fingerprint density at radius 2 is 1.90 bits per heavy atom. The number of nitrogen functional groups attached to an aromatic ring is 1. The smallest absolute Gasteiger partial charge is 0.156 e. The lowest BCUT2D eigenvalue weighted by Gasteiger charge is -2.32. The molecule has 3 N–H and O–H groups in total. The quantitative estimate of drug-likeness (QED) is 0.598. The Morgan fingerprint density at radius 1 is 1.10 bits per heavy atom. The summed E-state index contributed by atoms with van der Waals surface area (Å²) in [5.74, 6) is 1.82. The molecule has 0 amide bonds. The van der Waals surface area contributed by atoms with Crippen LogP contribution in [0.4, 0.5) is 5.69 Å². The number of fused-ring (bicyclic) bond motifs is 4. The van der Waals surface area contributed by atoms with E-state index in [-0.39, 0.29) is 5.41 Å². The van der Waals surface area contributed by atoms with Crippen LogP contribution in [-0.4, -0.2) is 4.98 Å². The molecule has 2 aromatic carbocycles. The van der Waals surface area contributed by atoms with Gasteiger partial charge in [0, 0.05) is 27.6 Å². The van der Waals surface area contributed by atoms with Crippen molar-refractivity contribution < 1.29 is 4.74 Å². The predicted molar refractivity (Wildman–Crippen MR) is 81.4 cm³/mol. The summed E-state index contributed by atoms with van der Waals surface area (Å²) in [4.78, 5) is 3.50. The van der Waals surface area contributed by atoms with E-state index in [9.17, 15) is 0 Å². The highest BCUT2D eigenvalue weighted by molar-refractivity contribution is 5.89. The number of anilines is 1. The molecule has 0 unspecified atom stereocenters. The minimum Gasteiger partial charge on any atom is -0.454 e. The van der Waals surface area contributed by atoms with Crippen molar-refractivity contribution in [2.75, 3.05) is 5.73 Å². The summed E-state index contributed by atoms with van der Waals surface area (Å²) in [6, 6.07) is 14.1. The van der Waals surface area contributed by atoms with Crippen molar-refractivity contribution >= 4 is 16.6 Å². The first-order valence-electron chi connectivity index (χ1n) is 6.76. The van der Waals surface area contributed by atoms with Crippen LogP contribution in [0.5, 0.6) is 11.5 Å². The van der Waals surface area contributed by atoms with Crippen molar-refractivity contribution in [3.63, 3.8) is 0 Å². The first-order chi connectivity index (χ1) is 9.57. The zero-order valence-corrected chi connectivity index (χ0v) is 11.5. The van der Waals surface area contributed by atoms with Crippen molar-refractivity contribution in [2.45, 2.75) is 19.3 Å². The van der Waals surface area contributed by atoms with Gasteiger partial charge in [0.05, 0.1) is 5.69 Å². The predicted octanol–water partition coefficient (Wildman–Crippen LogP) is 4.18. The Bertz CT molecular complexity index is 830. The van der Waals surface area contributed by atoms with Crippen LogP contribution in [0.3, 0.4) is 0 Å². The lowest BCUT2D eigenvalue weighted by Crippen LogP contribution is -2.24. The Labute approximate surface area is 117 Å². The zero-order valence-electron chi connectivity index (χ0n) is 11.5. The van der Waals surface area contributed by atoms with Crippen LogP contribution in [0.1, 0.15) is 25.1 Å². The summed E-state index contributed by atoms with van der Waals surface area (Å²) in [5.41, 5.74) is 9.87. The van der Waals surface area contributed by atoms with Crippen molar-refractivity contribution in [3.8, 4) is 11.5 Å². The monoisotopic (exact) mass is 264 g/mol. The summed E-state index contributed by atoms with van der Waals surface area (Å²) >= 11 is 0. The zero-order chi connectivity index (χ0) is 13.9. The van der Waals surface area contributed by atoms with Gasteiger partial charge < -0.3 is 15.5 Å². The van der Waals surface area contributed by atoms with Gasteiger partial charge in [0.1, 0.15) is 5.75 Å². The summed E-state index contributed by atoms with van der Waals surface area (Å²) in [6.07, 6.45) is 0. The number of hydrogen-bond donors (Lipinski definition) is 2. The van der Waals surface area contributed by atoms with Gasteiger partial charge in [-0.1, -0.05) is 12.1 Å². The third kappa shape index (κ3) is 1.35. The molecule has 4 rings (SSSR count). The standard InChI is InChI=1S/C17H16N2O/c1-17(2)12-9-10(18)7-8-14(12)20-15-11-5-3-4-6-13(11)19-16(15)17/h3-9,19H,18H2,1-2H3. The molecule has 0 bridgehead atoms. The number of rotatable bonds is 0. The topological polar surface area (TPSA) is 51.0 Å². The van der Waals surface area contributed by atoms with E-state index in [0.29, 0.717) is 0 Å². The summed E-state index contributed by atoms with van der Waals surface area (Å²) in [5, 5.41) is 1.12. The molecule has 20 heavy (non-hydrogen) atoms. The minimum absolute atomic E-state index is 0.155. The Balaban J connectivity index is 2.06. The van der Waals surface area contributed by atoms with Crippen LogP contribution in [0.2, 0.25) is 0 Å². The molecular weight excluding hydrogens is 248 g/mol. The summed E-state index contributed by atoms with van der Waals surface area (Å²) < 4.78 is 6.13. The number of nitrogens with two attached hydrogens (primary N) is 1. The molecule has 0 atom stereocenters. The first kappa shape index (κ1) is 11.4. The molecule has 0 radical (unpaired) electrons. The van der Waals surface area contributed by atoms with Gasteiger partial charge in [-0.15, -0.1) is 0 Å². The number of ether oxygens (including phenoxy) is 1. The number of aromatic nitrogens is 1. The van der Waals surface area contributed by atoms with Gasteiger partial charge in [-0.3, -0.25) is 0 Å². The maximum absolute atomic E-state index is 6.13. The average molecular weight is 264 g/mol. The van der Waals surface area contributed by atoms with Gasteiger partial charge >= 0.3 is 0 Å². The molecule has 3 aromatic rings. The second-order valence-electron chi connectivity index (χ2n) is 5.86. The van der Waals surface area contributed by atoms with E-state index in [0.717, 1.165) is 39.3 Å². The largest absolute Gasteiger partial charge is 0.454 e. The normalized spacial score (nSPS) is 15.5. The third-order valence-electron chi connectivity index (χ3n) is 4.17. The van der Waals surface area contributed by atoms with Gasteiger partial charge in [-0.05, 0) is 44.2 Å². The van der Waals surface area contributed by atoms with Crippen LogP contribution >= 0.6 is 0 Å². The van der Waals surface area contributed by atoms with E-state index >= 15 is 0 Å². The molecule has 0 fully saturated rings. The van der Waals surface area contributed by atoms with Gasteiger partial charge in [-0.25, -0.2) is 0 Å². The molecule has 3 nitrogen and oxygen atoms in total. The number of nitrogens with one attached hydrogen (secondary N) is 1. The van der Waals surface area contributed by atoms with Crippen molar-refractivity contribution in [3.05, 3.63) is 53.7 Å². The van der Waals surface area contributed by atoms with Crippen LogP contribution in [0, 0.1) is 0 Å². The van der Waals surface area contributed by atoms with Crippen LogP contribution in [0.15, 0.2) is 42.5 Å². The second-order valence-corrected chi connectivity index (χ2v) is 5.86. The fourth-order valence-corrected chi connectivity index (χ4v) is 3.03. The van der Waals surface area contributed by atoms with Crippen LogP contribution < -0.4 is 10.5 Å². The molecule has 0 saturated heterocycles. The lowest BCUT2D eigenvalue weighted by molar-refractivity contribution is 0.419. The van der Waals surface area contributed by atoms with Gasteiger partial charge in [-0.2, -0.15) is 0 Å². The molecule has 1 aromatic heterocycles. The number of H-pyrrole nitrogens is 1. The van der Waals surface area contributed by atoms with Crippen molar-refractivity contribution in [2.24, 2.45) is 0 Å². The van der Waals surface area contributed by atoms with E-state index in [1.807, 2.05) is 30.3 Å². The maximum atomic E-state index is 6.13. The summed E-state index contributed by atoms with van der Waals surface area (Å²) in [6.45, 7) is 4.39. The Morgan fingerprint density at radius 3 is 2.75 bits per heavy atom. The Kier molecular flexibility index (Phi) is 2.04. The maximum Gasteiger partial charge on any atom is 0.156 e. The van der Waals surface area contributed by atoms with Crippen LogP contribution in [-0.2, 0) is 5.41 Å². The molecule has 1 aliphatic rings. The molecule has 2 heterocycles. The minimum atomic E-state index is -0.155. The van der Waals surface area contributed by atoms with E-state index in [4.69, 9.17) is 10.5 Å². The lowest BCUT2D eigenvalue weighted by atomic mass is 9.79. The highest BCUT2D eigenvalue weighted by atomic mass is 16.5. The van der Waals surface area contributed by atoms with Gasteiger partial charge in [0.15, 0.2) is 5.75 Å². The molecule has 0 aliphatic carbocycles. The highest BCUT2D eigenvalue weighted by Gasteiger charge is 2.36. The van der Waals surface area contributed by atoms with Crippen LogP contribution in [0.25, 0.3) is 10.9 Å². The number of benzene rings is 2. The Hall–Kier alpha value is -2.42. The van der Waals surface area contributed by atoms with E-state index < -0.39 is 0 Å². The van der Waals surface area contributed by atoms with Gasteiger partial charge in [0.2, 0.25) is 0 Å². The van der Waals surface area contributed by atoms with E-state index in [2.05, 4.69) is 31.0 Å². The SMILES string of the molecule is CC1(C)c2cc(N)ccc2Oc2c1[nH]c1ccccc21. The van der Waals surface area contributed by atoms with Gasteiger partial charge in [0.25, 0.3) is 0 Å². The molecule has 0 spiro atoms. The average Bonchev–Trinajstić information content (AvgIpc) is 2.80. The fourth-order valence-electron chi connectivity index (χ4n) is 3.03. The molecule has 100 valence electrons. The fraction of sp³-hybridized carbons (Fsp3) is 0.176. The highest BCUT2D eigenvalue weighted by Crippen LogP contribution is 2.50. The van der Waals surface area contributed by atoms with Crippen molar-refractivity contribution in [1.29, 1.82) is 0 Å². The van der Waals surface area contributed by atoms with E-state index in [1.54, 1.807) is 0 Å². The summed E-state index contributed by atoms with van der Waals surface area (Å²) in [7, 11) is 0. The first-order valence-corrected chi connectivity index (χ1v) is 6.76. The van der Waals surface area contributed by atoms with Crippen molar-refractivity contribution in [1.82, 2.24) is 4.98 Å².